The van der Waals surface area contributed by atoms with Gasteiger partial charge in [0.2, 0.25) is 10.0 Å². The van der Waals surface area contributed by atoms with Crippen LogP contribution < -0.4 is 10.0 Å². The number of carbonyl (C=O) groups is 1. The number of nitrogens with one attached hydrogen (secondary N) is 2. The van der Waals surface area contributed by atoms with Gasteiger partial charge in [0.25, 0.3) is 0 Å². The van der Waals surface area contributed by atoms with Gasteiger partial charge in [-0.1, -0.05) is 13.8 Å². The summed E-state index contributed by atoms with van der Waals surface area (Å²) < 4.78 is 26.3. The summed E-state index contributed by atoms with van der Waals surface area (Å²) in [6.07, 6.45) is 1.42. The quantitative estimate of drug-likeness (QED) is 0.648. The first-order valence-electron chi connectivity index (χ1n) is 6.97. The van der Waals surface area contributed by atoms with Crippen LogP contribution in [0.25, 0.3) is 0 Å². The van der Waals surface area contributed by atoms with Gasteiger partial charge in [0.1, 0.15) is 0 Å². The second-order valence-corrected chi connectivity index (χ2v) is 6.54. The number of carboxylic acids is 1. The molecule has 1 unspecified atom stereocenters. The molecule has 0 fully saturated rings. The van der Waals surface area contributed by atoms with Crippen LogP contribution in [0.5, 0.6) is 0 Å². The van der Waals surface area contributed by atoms with Crippen molar-refractivity contribution in [2.75, 3.05) is 11.9 Å². The van der Waals surface area contributed by atoms with E-state index < -0.39 is 16.0 Å². The average Bonchev–Trinajstić information content (AvgIpc) is 2.44. The standard InChI is InChI=1S/C14H22N2O4S/c1-3-9-15-21(19,20)13-7-5-12(6-8-13)16-11(4-2)10-14(17)18/h5-8,11,15-16H,3-4,9-10H2,1-2H3,(H,17,18). The van der Waals surface area contributed by atoms with Gasteiger partial charge in [-0.05, 0) is 37.1 Å². The fourth-order valence-corrected chi connectivity index (χ4v) is 2.93. The first-order chi connectivity index (χ1) is 9.89. The number of sulfonamides is 1. The molecule has 0 saturated heterocycles. The van der Waals surface area contributed by atoms with Gasteiger partial charge in [0, 0.05) is 18.3 Å². The number of rotatable bonds is 9. The Morgan fingerprint density at radius 2 is 1.86 bits per heavy atom. The zero-order valence-corrected chi connectivity index (χ0v) is 13.1. The Morgan fingerprint density at radius 3 is 2.33 bits per heavy atom. The number of benzene rings is 1. The van der Waals surface area contributed by atoms with Crippen LogP contribution >= 0.6 is 0 Å². The van der Waals surface area contributed by atoms with Crippen molar-refractivity contribution in [3.05, 3.63) is 24.3 Å². The molecule has 0 aliphatic carbocycles. The zero-order chi connectivity index (χ0) is 15.9. The SMILES string of the molecule is CCCNS(=O)(=O)c1ccc(NC(CC)CC(=O)O)cc1. The minimum Gasteiger partial charge on any atom is -0.481 e. The molecular weight excluding hydrogens is 292 g/mol. The van der Waals surface area contributed by atoms with Crippen molar-refractivity contribution in [1.82, 2.24) is 4.72 Å². The minimum absolute atomic E-state index is 0.0224. The molecule has 3 N–H and O–H groups in total. The molecule has 0 amide bonds. The molecule has 1 aromatic rings. The molecule has 0 aliphatic rings. The van der Waals surface area contributed by atoms with E-state index in [1.165, 1.54) is 12.1 Å². The molecule has 0 aliphatic heterocycles. The van der Waals surface area contributed by atoms with E-state index in [1.807, 2.05) is 13.8 Å². The van der Waals surface area contributed by atoms with Crippen molar-refractivity contribution in [3.63, 3.8) is 0 Å². The molecule has 7 heteroatoms. The molecular formula is C14H22N2O4S. The minimum atomic E-state index is -3.46. The number of carboxylic acid groups (broad SMARTS) is 1. The summed E-state index contributed by atoms with van der Waals surface area (Å²) in [6, 6.07) is 6.13. The topological polar surface area (TPSA) is 95.5 Å². The highest BCUT2D eigenvalue weighted by Gasteiger charge is 2.14. The summed E-state index contributed by atoms with van der Waals surface area (Å²) in [7, 11) is -3.46. The normalized spacial score (nSPS) is 12.9. The lowest BCUT2D eigenvalue weighted by atomic mass is 10.1. The highest BCUT2D eigenvalue weighted by atomic mass is 32.2. The van der Waals surface area contributed by atoms with Gasteiger partial charge in [0.05, 0.1) is 11.3 Å². The van der Waals surface area contributed by atoms with Gasteiger partial charge in [-0.2, -0.15) is 0 Å². The Balaban J connectivity index is 2.75. The molecule has 6 nitrogen and oxygen atoms in total. The van der Waals surface area contributed by atoms with Crippen LogP contribution in [0.15, 0.2) is 29.2 Å². The second kappa shape index (κ2) is 7.99. The van der Waals surface area contributed by atoms with Gasteiger partial charge < -0.3 is 10.4 Å². The van der Waals surface area contributed by atoms with Crippen LogP contribution in [0.4, 0.5) is 5.69 Å². The zero-order valence-electron chi connectivity index (χ0n) is 12.3. The van der Waals surface area contributed by atoms with Crippen LogP contribution in [0.2, 0.25) is 0 Å². The van der Waals surface area contributed by atoms with Gasteiger partial charge in [-0.3, -0.25) is 4.79 Å². The van der Waals surface area contributed by atoms with Crippen molar-refractivity contribution in [2.45, 2.75) is 44.0 Å². The first-order valence-corrected chi connectivity index (χ1v) is 8.45. The first kappa shape index (κ1) is 17.5. The van der Waals surface area contributed by atoms with Crippen LogP contribution in [0, 0.1) is 0 Å². The average molecular weight is 314 g/mol. The molecule has 21 heavy (non-hydrogen) atoms. The third-order valence-electron chi connectivity index (χ3n) is 2.99. The van der Waals surface area contributed by atoms with Crippen LogP contribution in [-0.4, -0.2) is 32.1 Å². The van der Waals surface area contributed by atoms with E-state index in [0.29, 0.717) is 18.7 Å². The summed E-state index contributed by atoms with van der Waals surface area (Å²) in [4.78, 5) is 10.9. The lowest BCUT2D eigenvalue weighted by Crippen LogP contribution is -2.24. The Labute approximate surface area is 125 Å². The van der Waals surface area contributed by atoms with E-state index in [4.69, 9.17) is 5.11 Å². The van der Waals surface area contributed by atoms with Crippen LogP contribution in [0.1, 0.15) is 33.1 Å². The maximum absolute atomic E-state index is 11.9. The second-order valence-electron chi connectivity index (χ2n) is 4.77. The predicted molar refractivity (Wildman–Crippen MR) is 81.9 cm³/mol. The van der Waals surface area contributed by atoms with Crippen molar-refractivity contribution >= 4 is 21.7 Å². The molecule has 1 aromatic carbocycles. The molecule has 0 saturated carbocycles. The third kappa shape index (κ3) is 5.73. The monoisotopic (exact) mass is 314 g/mol. The van der Waals surface area contributed by atoms with Gasteiger partial charge in [-0.15, -0.1) is 0 Å². The summed E-state index contributed by atoms with van der Waals surface area (Å²) in [5, 5.41) is 11.9. The molecule has 118 valence electrons. The van der Waals surface area contributed by atoms with Crippen molar-refractivity contribution < 1.29 is 18.3 Å². The van der Waals surface area contributed by atoms with E-state index in [-0.39, 0.29) is 17.4 Å². The largest absolute Gasteiger partial charge is 0.481 e. The van der Waals surface area contributed by atoms with E-state index >= 15 is 0 Å². The van der Waals surface area contributed by atoms with Gasteiger partial charge >= 0.3 is 5.97 Å². The van der Waals surface area contributed by atoms with Crippen molar-refractivity contribution in [3.8, 4) is 0 Å². The lowest BCUT2D eigenvalue weighted by molar-refractivity contribution is -0.137. The molecule has 0 aromatic heterocycles. The number of hydrogen-bond acceptors (Lipinski definition) is 4. The summed E-state index contributed by atoms with van der Waals surface area (Å²) in [5.41, 5.74) is 0.706. The predicted octanol–water partition coefficient (Wildman–Crippen LogP) is 2.04. The molecule has 1 rings (SSSR count). The van der Waals surface area contributed by atoms with Crippen LogP contribution in [-0.2, 0) is 14.8 Å². The Bertz CT molecular complexity index is 555. The Hall–Kier alpha value is -1.60. The number of aliphatic carboxylic acids is 1. The van der Waals surface area contributed by atoms with E-state index in [1.54, 1.807) is 12.1 Å². The van der Waals surface area contributed by atoms with E-state index in [0.717, 1.165) is 6.42 Å². The smallest absolute Gasteiger partial charge is 0.305 e. The molecule has 0 heterocycles. The van der Waals surface area contributed by atoms with Crippen molar-refractivity contribution in [1.29, 1.82) is 0 Å². The molecule has 0 bridgehead atoms. The number of anilines is 1. The Morgan fingerprint density at radius 1 is 1.24 bits per heavy atom. The lowest BCUT2D eigenvalue weighted by Gasteiger charge is -2.16. The maximum Gasteiger partial charge on any atom is 0.305 e. The molecule has 0 spiro atoms. The van der Waals surface area contributed by atoms with E-state index in [9.17, 15) is 13.2 Å². The summed E-state index contributed by atoms with van der Waals surface area (Å²) >= 11 is 0. The third-order valence-corrected chi connectivity index (χ3v) is 4.47. The fraction of sp³-hybridized carbons (Fsp3) is 0.500. The summed E-state index contributed by atoms with van der Waals surface area (Å²) in [6.45, 7) is 4.19. The van der Waals surface area contributed by atoms with Gasteiger partial charge in [-0.25, -0.2) is 13.1 Å². The fourth-order valence-electron chi connectivity index (χ4n) is 1.79. The molecule has 0 radical (unpaired) electrons. The maximum atomic E-state index is 11.9. The highest BCUT2D eigenvalue weighted by Crippen LogP contribution is 2.16. The van der Waals surface area contributed by atoms with Crippen LogP contribution in [0.3, 0.4) is 0 Å². The summed E-state index contributed by atoms with van der Waals surface area (Å²) in [5.74, 6) is -0.864. The van der Waals surface area contributed by atoms with Crippen molar-refractivity contribution in [2.24, 2.45) is 0 Å². The van der Waals surface area contributed by atoms with E-state index in [2.05, 4.69) is 10.0 Å². The molecule has 1 atom stereocenters. The van der Waals surface area contributed by atoms with Gasteiger partial charge in [0.15, 0.2) is 0 Å². The Kier molecular flexibility index (Phi) is 6.64. The number of hydrogen-bond donors (Lipinski definition) is 3. The highest BCUT2D eigenvalue weighted by molar-refractivity contribution is 7.89.